The molecule has 24 heavy (non-hydrogen) atoms. The van der Waals surface area contributed by atoms with Crippen LogP contribution in [0.2, 0.25) is 0 Å². The number of sulfonamides is 1. The number of nitrogens with two attached hydrogens (primary N) is 1. The van der Waals surface area contributed by atoms with E-state index in [-0.39, 0.29) is 24.2 Å². The summed E-state index contributed by atoms with van der Waals surface area (Å²) in [4.78, 5) is 11.7. The first-order chi connectivity index (χ1) is 11.2. The van der Waals surface area contributed by atoms with E-state index in [4.69, 9.17) is 5.73 Å². The molecule has 0 aromatic heterocycles. The number of rotatable bonds is 6. The van der Waals surface area contributed by atoms with Gasteiger partial charge in [0.2, 0.25) is 15.9 Å². The van der Waals surface area contributed by atoms with E-state index < -0.39 is 15.8 Å². The molecule has 128 valence electrons. The van der Waals surface area contributed by atoms with Crippen molar-refractivity contribution in [2.75, 3.05) is 11.0 Å². The molecule has 1 aromatic rings. The van der Waals surface area contributed by atoms with Gasteiger partial charge in [-0.1, -0.05) is 30.4 Å². The van der Waals surface area contributed by atoms with E-state index in [0.717, 1.165) is 17.9 Å². The molecule has 4 N–H and O–H groups in total. The zero-order valence-corrected chi connectivity index (χ0v) is 13.8. The van der Waals surface area contributed by atoms with Crippen LogP contribution in [0, 0.1) is 5.82 Å². The third-order valence-electron chi connectivity index (χ3n) is 3.21. The van der Waals surface area contributed by atoms with Crippen LogP contribution >= 0.6 is 0 Å². The van der Waals surface area contributed by atoms with Gasteiger partial charge in [0, 0.05) is 18.7 Å². The highest BCUT2D eigenvalue weighted by Crippen LogP contribution is 2.17. The van der Waals surface area contributed by atoms with Crippen LogP contribution in [0.25, 0.3) is 0 Å². The lowest BCUT2D eigenvalue weighted by Crippen LogP contribution is -2.21. The number of anilines is 1. The number of benzene rings is 1. The lowest BCUT2D eigenvalue weighted by Gasteiger charge is -2.08. The summed E-state index contributed by atoms with van der Waals surface area (Å²) in [6.07, 6.45) is 9.36. The van der Waals surface area contributed by atoms with Crippen LogP contribution in [-0.4, -0.2) is 26.6 Å². The van der Waals surface area contributed by atoms with Crippen molar-refractivity contribution in [1.82, 2.24) is 5.32 Å². The van der Waals surface area contributed by atoms with E-state index in [1.807, 2.05) is 18.2 Å². The van der Waals surface area contributed by atoms with Gasteiger partial charge in [-0.25, -0.2) is 12.8 Å². The Hall–Kier alpha value is -2.45. The van der Waals surface area contributed by atoms with E-state index in [0.29, 0.717) is 5.56 Å². The molecule has 0 bridgehead atoms. The topological polar surface area (TPSA) is 101 Å². The van der Waals surface area contributed by atoms with E-state index in [1.165, 1.54) is 18.2 Å². The Morgan fingerprint density at radius 3 is 2.75 bits per heavy atom. The molecular formula is C16H18FN3O3S. The molecule has 0 radical (unpaired) electrons. The quantitative estimate of drug-likeness (QED) is 0.670. The monoisotopic (exact) mass is 351 g/mol. The van der Waals surface area contributed by atoms with Gasteiger partial charge in [-0.2, -0.15) is 0 Å². The van der Waals surface area contributed by atoms with Crippen LogP contribution in [0.3, 0.4) is 0 Å². The van der Waals surface area contributed by atoms with Crippen LogP contribution in [-0.2, 0) is 21.4 Å². The summed E-state index contributed by atoms with van der Waals surface area (Å²) in [5.74, 6) is -1.05. The Labute approximate surface area is 140 Å². The Morgan fingerprint density at radius 2 is 2.17 bits per heavy atom. The maximum atomic E-state index is 13.8. The lowest BCUT2D eigenvalue weighted by molar-refractivity contribution is -0.116. The molecule has 0 saturated carbocycles. The molecule has 8 heteroatoms. The van der Waals surface area contributed by atoms with Crippen LogP contribution in [0.4, 0.5) is 10.1 Å². The predicted octanol–water partition coefficient (Wildman–Crippen LogP) is 1.19. The number of amides is 1. The zero-order valence-electron chi connectivity index (χ0n) is 13.0. The van der Waals surface area contributed by atoms with Crippen LogP contribution in [0.5, 0.6) is 0 Å². The summed E-state index contributed by atoms with van der Waals surface area (Å²) in [7, 11) is -3.55. The molecule has 0 heterocycles. The average molecular weight is 351 g/mol. The number of halogens is 1. The van der Waals surface area contributed by atoms with E-state index in [2.05, 4.69) is 10.0 Å². The molecule has 1 aliphatic carbocycles. The summed E-state index contributed by atoms with van der Waals surface area (Å²) >= 11 is 0. The molecule has 1 amide bonds. The van der Waals surface area contributed by atoms with Crippen molar-refractivity contribution in [2.24, 2.45) is 5.73 Å². The standard InChI is InChI=1S/C16H18FN3O3S/c1-24(22,23)20-15-7-5-11(9-13(15)17)10-19-16(21)8-6-12-3-2-4-14(12)18/h2-9,14,20H,10,18H2,1H3,(H,19,21)/b8-6+. The molecule has 2 rings (SSSR count). The smallest absolute Gasteiger partial charge is 0.244 e. The number of hydrogen-bond donors (Lipinski definition) is 3. The van der Waals surface area contributed by atoms with Crippen LogP contribution in [0.15, 0.2) is 54.2 Å². The van der Waals surface area contributed by atoms with E-state index in [1.54, 1.807) is 6.08 Å². The Bertz CT molecular complexity index is 829. The maximum Gasteiger partial charge on any atom is 0.244 e. The number of carbonyl (C=O) groups is 1. The third kappa shape index (κ3) is 5.32. The number of allylic oxidation sites excluding steroid dienone is 2. The number of nitrogens with one attached hydrogen (secondary N) is 2. The highest BCUT2D eigenvalue weighted by molar-refractivity contribution is 7.92. The SMILES string of the molecule is CS(=O)(=O)Nc1ccc(CNC(=O)/C=C/C2=CC=CC2N)cc1F. The minimum atomic E-state index is -3.55. The van der Waals surface area contributed by atoms with Crippen molar-refractivity contribution in [1.29, 1.82) is 0 Å². The largest absolute Gasteiger partial charge is 0.348 e. The van der Waals surface area contributed by atoms with Gasteiger partial charge in [-0.15, -0.1) is 0 Å². The minimum Gasteiger partial charge on any atom is -0.348 e. The van der Waals surface area contributed by atoms with E-state index >= 15 is 0 Å². The first kappa shape index (κ1) is 17.9. The van der Waals surface area contributed by atoms with Gasteiger partial charge >= 0.3 is 0 Å². The second-order valence-electron chi connectivity index (χ2n) is 5.32. The molecule has 0 fully saturated rings. The second-order valence-corrected chi connectivity index (χ2v) is 7.07. The summed E-state index contributed by atoms with van der Waals surface area (Å²) in [6.45, 7) is 0.114. The van der Waals surface area contributed by atoms with Crippen molar-refractivity contribution in [2.45, 2.75) is 12.6 Å². The first-order valence-corrected chi connectivity index (χ1v) is 9.00. The molecule has 1 atom stereocenters. The minimum absolute atomic E-state index is 0.114. The van der Waals surface area contributed by atoms with Crippen molar-refractivity contribution in [3.8, 4) is 0 Å². The highest BCUT2D eigenvalue weighted by Gasteiger charge is 2.09. The molecule has 1 aliphatic rings. The molecule has 0 saturated heterocycles. The van der Waals surface area contributed by atoms with Crippen molar-refractivity contribution in [3.05, 3.63) is 65.5 Å². The van der Waals surface area contributed by atoms with Gasteiger partial charge in [0.15, 0.2) is 0 Å². The molecule has 6 nitrogen and oxygen atoms in total. The molecule has 0 aliphatic heterocycles. The van der Waals surface area contributed by atoms with Gasteiger partial charge in [-0.05, 0) is 23.3 Å². The summed E-state index contributed by atoms with van der Waals surface area (Å²) in [6, 6.07) is 3.79. The highest BCUT2D eigenvalue weighted by atomic mass is 32.2. The van der Waals surface area contributed by atoms with Crippen molar-refractivity contribution in [3.63, 3.8) is 0 Å². The molecule has 0 spiro atoms. The fourth-order valence-corrected chi connectivity index (χ4v) is 2.61. The van der Waals surface area contributed by atoms with Gasteiger partial charge in [-0.3, -0.25) is 9.52 Å². The van der Waals surface area contributed by atoms with Crippen LogP contribution < -0.4 is 15.8 Å². The lowest BCUT2D eigenvalue weighted by atomic mass is 10.1. The van der Waals surface area contributed by atoms with E-state index in [9.17, 15) is 17.6 Å². The summed E-state index contributed by atoms with van der Waals surface area (Å²) in [5.41, 5.74) is 6.97. The Kier molecular flexibility index (Phi) is 5.53. The summed E-state index contributed by atoms with van der Waals surface area (Å²) < 4.78 is 38.1. The molecular weight excluding hydrogens is 333 g/mol. The second kappa shape index (κ2) is 7.41. The predicted molar refractivity (Wildman–Crippen MR) is 91.1 cm³/mol. The normalized spacial score (nSPS) is 17.1. The fourth-order valence-electron chi connectivity index (χ4n) is 2.05. The summed E-state index contributed by atoms with van der Waals surface area (Å²) in [5, 5.41) is 2.61. The first-order valence-electron chi connectivity index (χ1n) is 7.11. The van der Waals surface area contributed by atoms with Crippen LogP contribution in [0.1, 0.15) is 5.56 Å². The number of carbonyl (C=O) groups excluding carboxylic acids is 1. The Balaban J connectivity index is 1.91. The van der Waals surface area contributed by atoms with Crippen molar-refractivity contribution < 1.29 is 17.6 Å². The fraction of sp³-hybridized carbons (Fsp3) is 0.188. The third-order valence-corrected chi connectivity index (χ3v) is 3.81. The molecule has 1 unspecified atom stereocenters. The van der Waals surface area contributed by atoms with Gasteiger partial charge in [0.05, 0.1) is 11.9 Å². The van der Waals surface area contributed by atoms with Gasteiger partial charge < -0.3 is 11.1 Å². The zero-order chi connectivity index (χ0) is 17.7. The average Bonchev–Trinajstić information content (AvgIpc) is 2.89. The Morgan fingerprint density at radius 1 is 1.42 bits per heavy atom. The molecule has 1 aromatic carbocycles. The van der Waals surface area contributed by atoms with Crippen molar-refractivity contribution >= 4 is 21.6 Å². The number of hydrogen-bond acceptors (Lipinski definition) is 4. The van der Waals surface area contributed by atoms with Gasteiger partial charge in [0.25, 0.3) is 0 Å². The van der Waals surface area contributed by atoms with Gasteiger partial charge in [0.1, 0.15) is 5.82 Å². The maximum absolute atomic E-state index is 13.8.